The second-order valence-electron chi connectivity index (χ2n) is 6.44. The molecule has 3 aromatic rings. The maximum atomic E-state index is 12.6. The number of thioether (sulfide) groups is 1. The summed E-state index contributed by atoms with van der Waals surface area (Å²) in [4.78, 5) is 12.7. The van der Waals surface area contributed by atoms with Crippen LogP contribution in [0, 0.1) is 6.92 Å². The summed E-state index contributed by atoms with van der Waals surface area (Å²) in [7, 11) is -3.76. The number of carbonyl (C=O) groups is 1. The highest BCUT2D eigenvalue weighted by atomic mass is 32.2. The van der Waals surface area contributed by atoms with Gasteiger partial charge >= 0.3 is 0 Å². The van der Waals surface area contributed by atoms with E-state index < -0.39 is 10.0 Å². The fourth-order valence-corrected chi connectivity index (χ4v) is 5.46. The van der Waals surface area contributed by atoms with Gasteiger partial charge in [0.05, 0.1) is 10.1 Å². The summed E-state index contributed by atoms with van der Waals surface area (Å²) in [5, 5.41) is 11.1. The van der Waals surface area contributed by atoms with Crippen LogP contribution < -0.4 is 10.0 Å². The van der Waals surface area contributed by atoms with E-state index in [0.29, 0.717) is 17.1 Å². The first kappa shape index (κ1) is 22.3. The standard InChI is InChI=1S/C20H22N4O3S3/c1-3-18(28-13-15-7-5-4-6-8-15)19(25)21-16-9-11-17(12-10-16)30(26,27)24-20-23-22-14(2)29-20/h4-12,18H,3,13H2,1-2H3,(H,21,25)(H,23,24). The van der Waals surface area contributed by atoms with Crippen LogP contribution in [0.3, 0.4) is 0 Å². The minimum absolute atomic E-state index is 0.0823. The van der Waals surface area contributed by atoms with Crippen LogP contribution in [-0.4, -0.2) is 29.8 Å². The normalized spacial score (nSPS) is 12.3. The van der Waals surface area contributed by atoms with E-state index in [0.717, 1.165) is 17.1 Å². The minimum Gasteiger partial charge on any atom is -0.325 e. The van der Waals surface area contributed by atoms with Gasteiger partial charge in [0.25, 0.3) is 10.0 Å². The summed E-state index contributed by atoms with van der Waals surface area (Å²) in [6, 6.07) is 16.0. The first-order valence-electron chi connectivity index (χ1n) is 9.27. The fourth-order valence-electron chi connectivity index (χ4n) is 2.60. The van der Waals surface area contributed by atoms with Crippen molar-refractivity contribution in [3.8, 4) is 0 Å². The number of hydrogen-bond donors (Lipinski definition) is 2. The van der Waals surface area contributed by atoms with E-state index in [1.807, 2.05) is 37.3 Å². The summed E-state index contributed by atoms with van der Waals surface area (Å²) in [5.74, 6) is 0.650. The van der Waals surface area contributed by atoms with Crippen molar-refractivity contribution in [3.05, 3.63) is 65.2 Å². The second-order valence-corrected chi connectivity index (χ2v) is 10.5. The Balaban J connectivity index is 1.60. The lowest BCUT2D eigenvalue weighted by Crippen LogP contribution is -2.24. The van der Waals surface area contributed by atoms with Gasteiger partial charge in [0.1, 0.15) is 5.01 Å². The zero-order chi connectivity index (χ0) is 21.6. The summed E-state index contributed by atoms with van der Waals surface area (Å²) in [5.41, 5.74) is 1.71. The van der Waals surface area contributed by atoms with Gasteiger partial charge in [-0.25, -0.2) is 8.42 Å². The minimum atomic E-state index is -3.76. The van der Waals surface area contributed by atoms with Gasteiger partial charge in [0, 0.05) is 11.4 Å². The molecule has 2 N–H and O–H groups in total. The number of aromatic nitrogens is 2. The van der Waals surface area contributed by atoms with Crippen LogP contribution >= 0.6 is 23.1 Å². The average molecular weight is 463 g/mol. The molecule has 0 saturated heterocycles. The number of aryl methyl sites for hydroxylation is 1. The number of nitrogens with one attached hydrogen (secondary N) is 2. The van der Waals surface area contributed by atoms with Crippen LogP contribution in [-0.2, 0) is 20.6 Å². The van der Waals surface area contributed by atoms with E-state index >= 15 is 0 Å². The number of sulfonamides is 1. The van der Waals surface area contributed by atoms with E-state index in [4.69, 9.17) is 0 Å². The van der Waals surface area contributed by atoms with Gasteiger partial charge in [0.2, 0.25) is 11.0 Å². The molecule has 0 radical (unpaired) electrons. The van der Waals surface area contributed by atoms with Crippen LogP contribution in [0.2, 0.25) is 0 Å². The van der Waals surface area contributed by atoms with Gasteiger partial charge in [-0.15, -0.1) is 22.0 Å². The Kier molecular flexibility index (Phi) is 7.46. The lowest BCUT2D eigenvalue weighted by atomic mass is 10.2. The third-order valence-electron chi connectivity index (χ3n) is 4.14. The van der Waals surface area contributed by atoms with Crippen molar-refractivity contribution < 1.29 is 13.2 Å². The molecule has 1 unspecified atom stereocenters. The Morgan fingerprint density at radius 3 is 2.40 bits per heavy atom. The summed E-state index contributed by atoms with van der Waals surface area (Å²) >= 11 is 2.74. The quantitative estimate of drug-likeness (QED) is 0.492. The largest absolute Gasteiger partial charge is 0.325 e. The lowest BCUT2D eigenvalue weighted by molar-refractivity contribution is -0.115. The molecule has 30 heavy (non-hydrogen) atoms. The zero-order valence-electron chi connectivity index (χ0n) is 16.5. The maximum absolute atomic E-state index is 12.6. The molecule has 0 aliphatic rings. The molecule has 0 fully saturated rings. The Morgan fingerprint density at radius 2 is 1.80 bits per heavy atom. The van der Waals surface area contributed by atoms with E-state index in [2.05, 4.69) is 20.2 Å². The Hall–Kier alpha value is -2.43. The van der Waals surface area contributed by atoms with Gasteiger partial charge in [-0.1, -0.05) is 48.6 Å². The van der Waals surface area contributed by atoms with Crippen molar-refractivity contribution >= 4 is 49.8 Å². The van der Waals surface area contributed by atoms with E-state index in [9.17, 15) is 13.2 Å². The Morgan fingerprint density at radius 1 is 1.10 bits per heavy atom. The molecular formula is C20H22N4O3S3. The van der Waals surface area contributed by atoms with Crippen LogP contribution in [0.4, 0.5) is 10.8 Å². The monoisotopic (exact) mass is 462 g/mol. The van der Waals surface area contributed by atoms with Crippen LogP contribution in [0.25, 0.3) is 0 Å². The molecule has 158 valence electrons. The first-order valence-corrected chi connectivity index (χ1v) is 12.6. The number of benzene rings is 2. The molecule has 0 spiro atoms. The predicted octanol–water partition coefficient (Wildman–Crippen LogP) is 4.30. The number of hydrogen-bond acceptors (Lipinski definition) is 7. The average Bonchev–Trinajstić information content (AvgIpc) is 3.13. The number of amides is 1. The number of rotatable bonds is 9. The zero-order valence-corrected chi connectivity index (χ0v) is 19.0. The molecule has 0 bridgehead atoms. The van der Waals surface area contributed by atoms with Crippen molar-refractivity contribution in [2.75, 3.05) is 10.0 Å². The Labute approximate surface area is 184 Å². The molecule has 0 aliphatic heterocycles. The smallest absolute Gasteiger partial charge is 0.263 e. The number of anilines is 2. The highest BCUT2D eigenvalue weighted by Crippen LogP contribution is 2.23. The molecule has 2 aromatic carbocycles. The number of nitrogens with zero attached hydrogens (tertiary/aromatic N) is 2. The van der Waals surface area contributed by atoms with Crippen LogP contribution in [0.1, 0.15) is 23.9 Å². The molecule has 1 atom stereocenters. The van der Waals surface area contributed by atoms with Crippen molar-refractivity contribution in [3.63, 3.8) is 0 Å². The summed E-state index contributed by atoms with van der Waals surface area (Å²) in [6.07, 6.45) is 0.695. The van der Waals surface area contributed by atoms with Gasteiger partial charge in [-0.2, -0.15) is 0 Å². The van der Waals surface area contributed by atoms with E-state index in [1.165, 1.54) is 17.7 Å². The molecule has 1 amide bonds. The van der Waals surface area contributed by atoms with Crippen molar-refractivity contribution in [2.45, 2.75) is 36.2 Å². The number of carbonyl (C=O) groups excluding carboxylic acids is 1. The highest BCUT2D eigenvalue weighted by Gasteiger charge is 2.19. The van der Waals surface area contributed by atoms with E-state index in [1.54, 1.807) is 30.8 Å². The highest BCUT2D eigenvalue weighted by molar-refractivity contribution is 7.99. The molecule has 0 aliphatic carbocycles. The third-order valence-corrected chi connectivity index (χ3v) is 7.83. The summed E-state index contributed by atoms with van der Waals surface area (Å²) < 4.78 is 27.3. The van der Waals surface area contributed by atoms with Gasteiger partial charge in [0.15, 0.2) is 0 Å². The molecular weight excluding hydrogens is 440 g/mol. The fraction of sp³-hybridized carbons (Fsp3) is 0.250. The topological polar surface area (TPSA) is 101 Å². The van der Waals surface area contributed by atoms with Crippen LogP contribution in [0.5, 0.6) is 0 Å². The van der Waals surface area contributed by atoms with E-state index in [-0.39, 0.29) is 21.2 Å². The molecule has 7 nitrogen and oxygen atoms in total. The second kappa shape index (κ2) is 10.1. The van der Waals surface area contributed by atoms with Crippen molar-refractivity contribution in [1.29, 1.82) is 0 Å². The van der Waals surface area contributed by atoms with Crippen molar-refractivity contribution in [2.24, 2.45) is 0 Å². The summed E-state index contributed by atoms with van der Waals surface area (Å²) in [6.45, 7) is 3.72. The molecule has 1 heterocycles. The molecule has 10 heteroatoms. The van der Waals surface area contributed by atoms with Gasteiger partial charge in [-0.3, -0.25) is 9.52 Å². The maximum Gasteiger partial charge on any atom is 0.263 e. The van der Waals surface area contributed by atoms with Crippen LogP contribution in [0.15, 0.2) is 59.5 Å². The molecule has 1 aromatic heterocycles. The first-order chi connectivity index (χ1) is 14.4. The Bertz CT molecular complexity index is 1080. The molecule has 0 saturated carbocycles. The lowest BCUT2D eigenvalue weighted by Gasteiger charge is -2.15. The van der Waals surface area contributed by atoms with Gasteiger partial charge < -0.3 is 5.32 Å². The SMILES string of the molecule is CCC(SCc1ccccc1)C(=O)Nc1ccc(S(=O)(=O)Nc2nnc(C)s2)cc1. The predicted molar refractivity (Wildman–Crippen MR) is 122 cm³/mol. The van der Waals surface area contributed by atoms with Crippen molar-refractivity contribution in [1.82, 2.24) is 10.2 Å². The van der Waals surface area contributed by atoms with Gasteiger partial charge in [-0.05, 0) is 43.2 Å². The third kappa shape index (κ3) is 6.04. The molecule has 3 rings (SSSR count).